The predicted octanol–water partition coefficient (Wildman–Crippen LogP) is 4.50. The third-order valence-electron chi connectivity index (χ3n) is 5.80. The normalized spacial score (nSPS) is 26.8. The quantitative estimate of drug-likeness (QED) is 0.466. The van der Waals surface area contributed by atoms with Crippen LogP contribution >= 0.6 is 0 Å². The molecule has 0 N–H and O–H groups in total. The van der Waals surface area contributed by atoms with Gasteiger partial charge in [0.1, 0.15) is 24.4 Å². The van der Waals surface area contributed by atoms with E-state index in [1.807, 2.05) is 54.6 Å². The van der Waals surface area contributed by atoms with Crippen LogP contribution in [0.1, 0.15) is 16.7 Å². The zero-order valence-corrected chi connectivity index (χ0v) is 17.9. The summed E-state index contributed by atoms with van der Waals surface area (Å²) in [6.45, 7) is 1.84. The van der Waals surface area contributed by atoms with Crippen LogP contribution in [0.25, 0.3) is 0 Å². The molecule has 2 saturated heterocycles. The van der Waals surface area contributed by atoms with Crippen LogP contribution in [0.4, 0.5) is 0 Å². The first-order valence-electron chi connectivity index (χ1n) is 11.1. The number of epoxide rings is 1. The molecular weight excluding hydrogens is 404 g/mol. The minimum absolute atomic E-state index is 0.148. The summed E-state index contributed by atoms with van der Waals surface area (Å²) >= 11 is 0. The molecular formula is C27H28O5. The Morgan fingerprint density at radius 2 is 1.06 bits per heavy atom. The average molecular weight is 433 g/mol. The van der Waals surface area contributed by atoms with Gasteiger partial charge in [-0.15, -0.1) is 0 Å². The molecule has 0 bridgehead atoms. The van der Waals surface area contributed by atoms with Crippen LogP contribution < -0.4 is 0 Å². The molecule has 2 heterocycles. The van der Waals surface area contributed by atoms with E-state index in [0.717, 1.165) is 16.7 Å². The lowest BCUT2D eigenvalue weighted by Crippen LogP contribution is -2.46. The second kappa shape index (κ2) is 10.4. The van der Waals surface area contributed by atoms with E-state index in [0.29, 0.717) is 26.4 Å². The predicted molar refractivity (Wildman–Crippen MR) is 120 cm³/mol. The Morgan fingerprint density at radius 3 is 1.59 bits per heavy atom. The fourth-order valence-electron chi connectivity index (χ4n) is 4.00. The number of hydrogen-bond donors (Lipinski definition) is 0. The number of benzene rings is 3. The molecule has 5 heteroatoms. The molecule has 2 aliphatic rings. The third-order valence-corrected chi connectivity index (χ3v) is 5.80. The minimum atomic E-state index is -0.319. The van der Waals surface area contributed by atoms with Crippen molar-refractivity contribution in [3.8, 4) is 0 Å². The van der Waals surface area contributed by atoms with Gasteiger partial charge < -0.3 is 23.7 Å². The fourth-order valence-corrected chi connectivity index (χ4v) is 4.00. The van der Waals surface area contributed by atoms with E-state index >= 15 is 0 Å². The Morgan fingerprint density at radius 1 is 0.594 bits per heavy atom. The van der Waals surface area contributed by atoms with Crippen LogP contribution in [-0.2, 0) is 43.5 Å². The maximum Gasteiger partial charge on any atom is 0.187 e. The monoisotopic (exact) mass is 432 g/mol. The van der Waals surface area contributed by atoms with E-state index < -0.39 is 0 Å². The van der Waals surface area contributed by atoms with E-state index in [1.165, 1.54) is 0 Å². The van der Waals surface area contributed by atoms with Crippen molar-refractivity contribution in [3.05, 3.63) is 108 Å². The highest BCUT2D eigenvalue weighted by Crippen LogP contribution is 2.36. The second-order valence-electron chi connectivity index (χ2n) is 8.16. The van der Waals surface area contributed by atoms with Crippen LogP contribution in [0.3, 0.4) is 0 Å². The van der Waals surface area contributed by atoms with Gasteiger partial charge in [0.15, 0.2) is 6.29 Å². The van der Waals surface area contributed by atoms with Gasteiger partial charge in [-0.25, -0.2) is 0 Å². The van der Waals surface area contributed by atoms with E-state index in [-0.39, 0.29) is 30.7 Å². The molecule has 0 radical (unpaired) electrons. The van der Waals surface area contributed by atoms with Gasteiger partial charge in [-0.2, -0.15) is 0 Å². The highest BCUT2D eigenvalue weighted by molar-refractivity contribution is 5.15. The molecule has 3 aromatic carbocycles. The summed E-state index contributed by atoms with van der Waals surface area (Å²) in [7, 11) is 0. The highest BCUT2D eigenvalue weighted by Gasteiger charge is 2.55. The van der Waals surface area contributed by atoms with Gasteiger partial charge in [-0.3, -0.25) is 0 Å². The molecule has 3 aromatic rings. The van der Waals surface area contributed by atoms with Gasteiger partial charge in [-0.1, -0.05) is 91.0 Å². The Hall–Kier alpha value is -2.54. The third kappa shape index (κ3) is 5.44. The van der Waals surface area contributed by atoms with E-state index in [1.54, 1.807) is 0 Å². The van der Waals surface area contributed by atoms with Gasteiger partial charge in [0.05, 0.1) is 26.4 Å². The summed E-state index contributed by atoms with van der Waals surface area (Å²) in [5.74, 6) is 0. The molecule has 2 fully saturated rings. The van der Waals surface area contributed by atoms with E-state index in [9.17, 15) is 0 Å². The van der Waals surface area contributed by atoms with Gasteiger partial charge in [0.25, 0.3) is 0 Å². The van der Waals surface area contributed by atoms with Crippen molar-refractivity contribution in [3.63, 3.8) is 0 Å². The Bertz CT molecular complexity index is 950. The van der Waals surface area contributed by atoms with Crippen molar-refractivity contribution >= 4 is 0 Å². The average Bonchev–Trinajstić information content (AvgIpc) is 3.64. The Balaban J connectivity index is 1.32. The fraction of sp³-hybridized carbons (Fsp3) is 0.333. The van der Waals surface area contributed by atoms with E-state index in [4.69, 9.17) is 23.7 Å². The lowest BCUT2D eigenvalue weighted by Gasteiger charge is -2.31. The van der Waals surface area contributed by atoms with Crippen LogP contribution in [0.5, 0.6) is 0 Å². The summed E-state index contributed by atoms with van der Waals surface area (Å²) in [5.41, 5.74) is 3.33. The summed E-state index contributed by atoms with van der Waals surface area (Å²) in [4.78, 5) is 0. The van der Waals surface area contributed by atoms with Crippen molar-refractivity contribution in [1.82, 2.24) is 0 Å². The topological polar surface area (TPSA) is 49.5 Å². The summed E-state index contributed by atoms with van der Waals surface area (Å²) in [5, 5.41) is 0. The molecule has 2 aliphatic heterocycles. The standard InChI is InChI=1S/C27H28O5/c1-4-10-20(11-5-1)16-28-23-19-31-27-26(32-27)25(30-18-22-14-8-3-9-15-22)24(23)29-17-21-12-6-2-7-13-21/h1-15,23-27H,16-19H2. The van der Waals surface area contributed by atoms with Crippen LogP contribution in [0.15, 0.2) is 91.0 Å². The Kier molecular flexibility index (Phi) is 6.92. The molecule has 0 aliphatic carbocycles. The molecule has 32 heavy (non-hydrogen) atoms. The SMILES string of the molecule is c1ccc(COC2COC3OC3C(OCc3ccccc3)C2OCc2ccccc2)cc1. The van der Waals surface area contributed by atoms with Gasteiger partial charge in [0, 0.05) is 0 Å². The van der Waals surface area contributed by atoms with Gasteiger partial charge in [-0.05, 0) is 16.7 Å². The van der Waals surface area contributed by atoms with Crippen molar-refractivity contribution in [2.75, 3.05) is 6.61 Å². The van der Waals surface area contributed by atoms with Crippen LogP contribution in [-0.4, -0.2) is 37.3 Å². The zero-order chi connectivity index (χ0) is 21.6. The highest BCUT2D eigenvalue weighted by atomic mass is 16.8. The molecule has 0 aromatic heterocycles. The lowest BCUT2D eigenvalue weighted by atomic mass is 10.1. The number of rotatable bonds is 9. The minimum Gasteiger partial charge on any atom is -0.368 e. The van der Waals surface area contributed by atoms with Crippen molar-refractivity contribution in [2.45, 2.75) is 50.5 Å². The molecule has 5 unspecified atom stereocenters. The zero-order valence-electron chi connectivity index (χ0n) is 17.9. The van der Waals surface area contributed by atoms with Crippen molar-refractivity contribution in [2.24, 2.45) is 0 Å². The lowest BCUT2D eigenvalue weighted by molar-refractivity contribution is -0.169. The summed E-state index contributed by atoms with van der Waals surface area (Å²) < 4.78 is 30.8. The first-order chi connectivity index (χ1) is 15.9. The van der Waals surface area contributed by atoms with Crippen LogP contribution in [0, 0.1) is 0 Å². The maximum atomic E-state index is 6.44. The smallest absolute Gasteiger partial charge is 0.187 e. The molecule has 0 spiro atoms. The summed E-state index contributed by atoms with van der Waals surface area (Å²) in [6.07, 6.45) is -1.28. The molecule has 0 amide bonds. The first-order valence-corrected chi connectivity index (χ1v) is 11.1. The maximum absolute atomic E-state index is 6.44. The van der Waals surface area contributed by atoms with Crippen molar-refractivity contribution < 1.29 is 23.7 Å². The number of fused-ring (bicyclic) bond motifs is 1. The summed E-state index contributed by atoms with van der Waals surface area (Å²) in [6, 6.07) is 30.4. The molecule has 166 valence electrons. The Labute approximate surface area is 188 Å². The number of hydrogen-bond acceptors (Lipinski definition) is 5. The molecule has 5 rings (SSSR count). The first kappa shape index (κ1) is 21.3. The van der Waals surface area contributed by atoms with Crippen molar-refractivity contribution in [1.29, 1.82) is 0 Å². The second-order valence-corrected chi connectivity index (χ2v) is 8.16. The molecule has 5 atom stereocenters. The van der Waals surface area contributed by atoms with Gasteiger partial charge in [0.2, 0.25) is 0 Å². The molecule has 5 nitrogen and oxygen atoms in total. The van der Waals surface area contributed by atoms with Crippen LogP contribution in [0.2, 0.25) is 0 Å². The van der Waals surface area contributed by atoms with Gasteiger partial charge >= 0.3 is 0 Å². The van der Waals surface area contributed by atoms with E-state index in [2.05, 4.69) is 36.4 Å². The largest absolute Gasteiger partial charge is 0.368 e. The number of ether oxygens (including phenoxy) is 5. The molecule has 0 saturated carbocycles.